The molecule has 0 aliphatic carbocycles. The highest BCUT2D eigenvalue weighted by Gasteiger charge is 2.30. The fourth-order valence-electron chi connectivity index (χ4n) is 5.70. The van der Waals surface area contributed by atoms with Crippen molar-refractivity contribution >= 4 is 64.3 Å². The summed E-state index contributed by atoms with van der Waals surface area (Å²) in [5, 5.41) is 18.4. The van der Waals surface area contributed by atoms with Crippen LogP contribution in [0.2, 0.25) is 0 Å². The highest BCUT2D eigenvalue weighted by Crippen LogP contribution is 2.51. The van der Waals surface area contributed by atoms with Crippen molar-refractivity contribution in [3.63, 3.8) is 0 Å². The number of hydrogen-bond acceptors (Lipinski definition) is 8. The van der Waals surface area contributed by atoms with Gasteiger partial charge in [-0.15, -0.1) is 11.3 Å². The third-order valence-electron chi connectivity index (χ3n) is 7.72. The van der Waals surface area contributed by atoms with E-state index in [1.807, 2.05) is 6.07 Å². The topological polar surface area (TPSA) is 72.8 Å². The molecule has 0 saturated heterocycles. The number of benzene rings is 4. The summed E-state index contributed by atoms with van der Waals surface area (Å²) in [5.41, 5.74) is 11.6. The molecule has 250 valence electrons. The van der Waals surface area contributed by atoms with Crippen LogP contribution in [0.25, 0.3) is 22.3 Å². The Balaban J connectivity index is 0.000000840. The Morgan fingerprint density at radius 2 is 1.56 bits per heavy atom. The standard InChI is InChI=1S/C35H32N2O2S4.C4H10O/c1-21-10-12-24(13-11-21)33-23(3)34-29-18-26(36-43-32-17-16-31(42-32)41-27-8-6-5-7-9-27)15-14-25(29)20-37(40-4)35(34)22(2)28(33)19-30(38)39;1-4(2,3)5/h5-18,36H,19-20H2,1-4H3,(H,38,39);5H,1-3H3. The third kappa shape index (κ3) is 8.81. The monoisotopic (exact) mass is 714 g/mol. The van der Waals surface area contributed by atoms with Crippen molar-refractivity contribution in [1.29, 1.82) is 0 Å². The van der Waals surface area contributed by atoms with Gasteiger partial charge >= 0.3 is 5.97 Å². The Morgan fingerprint density at radius 3 is 2.21 bits per heavy atom. The van der Waals surface area contributed by atoms with E-state index >= 15 is 0 Å². The second-order valence-corrected chi connectivity index (χ2v) is 17.1. The molecular formula is C39H42N2O3S4. The minimum atomic E-state index is -0.815. The van der Waals surface area contributed by atoms with E-state index in [9.17, 15) is 9.90 Å². The molecule has 4 aromatic carbocycles. The lowest BCUT2D eigenvalue weighted by Crippen LogP contribution is -2.22. The number of aryl methyl sites for hydroxylation is 1. The van der Waals surface area contributed by atoms with Crippen LogP contribution >= 0.6 is 47.0 Å². The molecule has 0 saturated carbocycles. The predicted octanol–water partition coefficient (Wildman–Crippen LogP) is 11.3. The lowest BCUT2D eigenvalue weighted by molar-refractivity contribution is -0.136. The molecule has 5 aromatic rings. The molecule has 5 nitrogen and oxygen atoms in total. The molecule has 0 amide bonds. The van der Waals surface area contributed by atoms with Gasteiger partial charge in [-0.05, 0) is 129 Å². The first-order chi connectivity index (χ1) is 22.8. The van der Waals surface area contributed by atoms with Gasteiger partial charge in [0.15, 0.2) is 0 Å². The van der Waals surface area contributed by atoms with Crippen LogP contribution in [0.15, 0.2) is 98.2 Å². The number of nitrogens with one attached hydrogen (secondary N) is 1. The fourth-order valence-corrected chi connectivity index (χ4v) is 9.43. The number of thiophene rings is 1. The Kier molecular flexibility index (Phi) is 11.6. The number of carbonyl (C=O) groups is 1. The number of rotatable bonds is 9. The van der Waals surface area contributed by atoms with Crippen LogP contribution in [0, 0.1) is 20.8 Å². The SMILES string of the molecule is CC(C)(C)O.CSN1Cc2ccc(NSc3ccc(Sc4ccccc4)s3)cc2-c2c(C)c(-c3ccc(C)cc3)c(CC(=O)O)c(C)c21. The Hall–Kier alpha value is -3.34. The zero-order valence-electron chi connectivity index (χ0n) is 28.4. The number of aliphatic hydroxyl groups is 1. The second-order valence-electron chi connectivity index (χ2n) is 12.7. The Bertz CT molecular complexity index is 1890. The molecule has 1 aliphatic heterocycles. The van der Waals surface area contributed by atoms with Gasteiger partial charge in [-0.2, -0.15) is 0 Å². The molecule has 0 unspecified atom stereocenters. The zero-order valence-corrected chi connectivity index (χ0v) is 31.6. The number of carboxylic acid groups (broad SMARTS) is 1. The van der Waals surface area contributed by atoms with Crippen LogP contribution in [0.1, 0.15) is 48.6 Å². The molecule has 2 heterocycles. The van der Waals surface area contributed by atoms with Crippen molar-refractivity contribution in [3.05, 3.63) is 113 Å². The highest BCUT2D eigenvalue weighted by molar-refractivity contribution is 8.04. The van der Waals surface area contributed by atoms with Crippen LogP contribution < -0.4 is 9.03 Å². The van der Waals surface area contributed by atoms with Crippen molar-refractivity contribution in [3.8, 4) is 22.3 Å². The first kappa shape index (κ1) is 36.0. The van der Waals surface area contributed by atoms with E-state index in [-0.39, 0.29) is 6.42 Å². The minimum absolute atomic E-state index is 0.0121. The van der Waals surface area contributed by atoms with Gasteiger partial charge in [-0.25, -0.2) is 0 Å². The minimum Gasteiger partial charge on any atom is -0.481 e. The molecule has 48 heavy (non-hydrogen) atoms. The van der Waals surface area contributed by atoms with Crippen molar-refractivity contribution < 1.29 is 15.0 Å². The normalized spacial score (nSPS) is 12.1. The molecule has 0 spiro atoms. The van der Waals surface area contributed by atoms with E-state index in [2.05, 4.69) is 115 Å². The van der Waals surface area contributed by atoms with Gasteiger partial charge in [0.25, 0.3) is 0 Å². The van der Waals surface area contributed by atoms with E-state index in [0.717, 1.165) is 45.7 Å². The highest BCUT2D eigenvalue weighted by atomic mass is 32.2. The zero-order chi connectivity index (χ0) is 34.6. The maximum Gasteiger partial charge on any atom is 0.307 e. The van der Waals surface area contributed by atoms with Gasteiger partial charge in [-0.1, -0.05) is 77.8 Å². The molecule has 1 aliphatic rings. The molecule has 1 aromatic heterocycles. The van der Waals surface area contributed by atoms with Crippen molar-refractivity contribution in [1.82, 2.24) is 0 Å². The number of aliphatic carboxylic acids is 1. The average Bonchev–Trinajstić information content (AvgIpc) is 3.49. The molecule has 6 rings (SSSR count). The molecule has 9 heteroatoms. The number of carboxylic acids is 1. The first-order valence-corrected chi connectivity index (χ1v) is 19.3. The summed E-state index contributed by atoms with van der Waals surface area (Å²) < 4.78 is 8.37. The molecule has 0 atom stereocenters. The maximum absolute atomic E-state index is 12.1. The summed E-state index contributed by atoms with van der Waals surface area (Å²) in [6, 6.07) is 29.9. The lowest BCUT2D eigenvalue weighted by atomic mass is 9.81. The fraction of sp³-hybridized carbons (Fsp3) is 0.256. The maximum atomic E-state index is 12.1. The van der Waals surface area contributed by atoms with Gasteiger partial charge in [0, 0.05) is 22.4 Å². The van der Waals surface area contributed by atoms with Crippen molar-refractivity contribution in [2.45, 2.75) is 73.4 Å². The largest absolute Gasteiger partial charge is 0.481 e. The summed E-state index contributed by atoms with van der Waals surface area (Å²) in [6.45, 7) is 12.3. The number of nitrogens with zero attached hydrogens (tertiary/aromatic N) is 1. The third-order valence-corrected chi connectivity index (χ3v) is 11.7. The van der Waals surface area contributed by atoms with E-state index in [0.29, 0.717) is 0 Å². The van der Waals surface area contributed by atoms with E-state index in [4.69, 9.17) is 5.11 Å². The number of hydrogen-bond donors (Lipinski definition) is 3. The van der Waals surface area contributed by atoms with Crippen LogP contribution in [0.5, 0.6) is 0 Å². The smallest absolute Gasteiger partial charge is 0.307 e. The first-order valence-electron chi connectivity index (χ1n) is 15.7. The van der Waals surface area contributed by atoms with E-state index < -0.39 is 11.6 Å². The summed E-state index contributed by atoms with van der Waals surface area (Å²) in [6.07, 6.45) is 2.08. The summed E-state index contributed by atoms with van der Waals surface area (Å²) in [4.78, 5) is 13.3. The van der Waals surface area contributed by atoms with Crippen molar-refractivity contribution in [2.24, 2.45) is 0 Å². The van der Waals surface area contributed by atoms with Crippen LogP contribution in [-0.2, 0) is 17.8 Å². The second kappa shape index (κ2) is 15.5. The van der Waals surface area contributed by atoms with Gasteiger partial charge < -0.3 is 19.2 Å². The number of anilines is 2. The number of fused-ring (bicyclic) bond motifs is 3. The average molecular weight is 715 g/mol. The molecule has 3 N–H and O–H groups in total. The van der Waals surface area contributed by atoms with E-state index in [1.165, 1.54) is 35.6 Å². The van der Waals surface area contributed by atoms with Crippen LogP contribution in [-0.4, -0.2) is 28.0 Å². The Labute approximate surface area is 301 Å². The van der Waals surface area contributed by atoms with Crippen molar-refractivity contribution in [2.75, 3.05) is 15.3 Å². The summed E-state index contributed by atoms with van der Waals surface area (Å²) in [7, 11) is 0. The molecule has 0 radical (unpaired) electrons. The molecule has 0 bridgehead atoms. The molecular weight excluding hydrogens is 673 g/mol. The van der Waals surface area contributed by atoms with E-state index in [1.54, 1.807) is 67.8 Å². The summed E-state index contributed by atoms with van der Waals surface area (Å²) >= 11 is 6.89. The Morgan fingerprint density at radius 1 is 0.896 bits per heavy atom. The van der Waals surface area contributed by atoms with Crippen LogP contribution in [0.4, 0.5) is 11.4 Å². The summed E-state index contributed by atoms with van der Waals surface area (Å²) in [5.74, 6) is -0.815. The molecule has 0 fully saturated rings. The van der Waals surface area contributed by atoms with Gasteiger partial charge in [-0.3, -0.25) is 4.79 Å². The van der Waals surface area contributed by atoms with Gasteiger partial charge in [0.05, 0.1) is 32.7 Å². The predicted molar refractivity (Wildman–Crippen MR) is 209 cm³/mol. The lowest BCUT2D eigenvalue weighted by Gasteiger charge is -2.36. The van der Waals surface area contributed by atoms with Gasteiger partial charge in [0.2, 0.25) is 0 Å². The van der Waals surface area contributed by atoms with Crippen LogP contribution in [0.3, 0.4) is 0 Å². The quantitative estimate of drug-likeness (QED) is 0.130. The van der Waals surface area contributed by atoms with Gasteiger partial charge in [0.1, 0.15) is 0 Å².